The van der Waals surface area contributed by atoms with Gasteiger partial charge in [-0.3, -0.25) is 0 Å². The van der Waals surface area contributed by atoms with Crippen LogP contribution in [0.4, 0.5) is 0 Å². The average molecular weight is 280 g/mol. The van der Waals surface area contributed by atoms with E-state index in [0.29, 0.717) is 25.0 Å². The Kier molecular flexibility index (Phi) is 8.23. The first-order valence-electron chi connectivity index (χ1n) is 7.50. The van der Waals surface area contributed by atoms with Gasteiger partial charge in [0.15, 0.2) is 0 Å². The molecule has 0 aliphatic heterocycles. The number of rotatable bonds is 10. The van der Waals surface area contributed by atoms with Crippen molar-refractivity contribution in [3.05, 3.63) is 23.4 Å². The van der Waals surface area contributed by atoms with Crippen LogP contribution < -0.4 is 10.1 Å². The molecule has 0 saturated carbocycles. The van der Waals surface area contributed by atoms with Crippen molar-refractivity contribution in [1.82, 2.24) is 10.3 Å². The Hall–Kier alpha value is -1.13. The maximum atomic E-state index is 5.70. The summed E-state index contributed by atoms with van der Waals surface area (Å²) >= 11 is 0. The minimum Gasteiger partial charge on any atom is -0.475 e. The molecule has 0 fully saturated rings. The van der Waals surface area contributed by atoms with E-state index < -0.39 is 0 Å². The Bertz CT molecular complexity index is 356. The lowest BCUT2D eigenvalue weighted by Crippen LogP contribution is -2.12. The predicted molar refractivity (Wildman–Crippen MR) is 82.1 cm³/mol. The van der Waals surface area contributed by atoms with Crippen LogP contribution in [-0.2, 0) is 17.7 Å². The molecule has 0 aromatic carbocycles. The molecule has 0 spiro atoms. The summed E-state index contributed by atoms with van der Waals surface area (Å²) in [5, 5.41) is 3.16. The SMILES string of the molecule is CCCc1cc(CNC)cc(OCCOCC(C)C)n1. The van der Waals surface area contributed by atoms with Crippen LogP contribution in [0, 0.1) is 5.92 Å². The van der Waals surface area contributed by atoms with Gasteiger partial charge in [0, 0.05) is 24.9 Å². The first-order chi connectivity index (χ1) is 9.65. The third-order valence-electron chi connectivity index (χ3n) is 2.73. The number of aromatic nitrogens is 1. The van der Waals surface area contributed by atoms with Crippen LogP contribution in [0.2, 0.25) is 0 Å². The normalized spacial score (nSPS) is 11.1. The summed E-state index contributed by atoms with van der Waals surface area (Å²) in [6, 6.07) is 4.14. The Morgan fingerprint density at radius 2 is 2.05 bits per heavy atom. The number of ether oxygens (including phenoxy) is 2. The number of hydrogen-bond acceptors (Lipinski definition) is 4. The Morgan fingerprint density at radius 3 is 2.70 bits per heavy atom. The van der Waals surface area contributed by atoms with E-state index in [0.717, 1.165) is 31.7 Å². The molecule has 0 radical (unpaired) electrons. The molecule has 0 aliphatic carbocycles. The topological polar surface area (TPSA) is 43.4 Å². The van der Waals surface area contributed by atoms with Crippen molar-refractivity contribution in [3.8, 4) is 5.88 Å². The Labute approximate surface area is 122 Å². The molecule has 20 heavy (non-hydrogen) atoms. The maximum Gasteiger partial charge on any atom is 0.213 e. The minimum atomic E-state index is 0.550. The predicted octanol–water partition coefficient (Wildman–Crippen LogP) is 2.80. The van der Waals surface area contributed by atoms with Crippen LogP contribution in [0.15, 0.2) is 12.1 Å². The second-order valence-electron chi connectivity index (χ2n) is 5.40. The Morgan fingerprint density at radius 1 is 1.25 bits per heavy atom. The molecule has 0 bridgehead atoms. The third-order valence-corrected chi connectivity index (χ3v) is 2.73. The van der Waals surface area contributed by atoms with Crippen molar-refractivity contribution >= 4 is 0 Å². The molecule has 0 atom stereocenters. The fraction of sp³-hybridized carbons (Fsp3) is 0.688. The molecule has 4 heteroatoms. The van der Waals surface area contributed by atoms with Crippen molar-refractivity contribution in [2.24, 2.45) is 5.92 Å². The highest BCUT2D eigenvalue weighted by Crippen LogP contribution is 2.14. The van der Waals surface area contributed by atoms with Gasteiger partial charge in [0.05, 0.1) is 6.61 Å². The summed E-state index contributed by atoms with van der Waals surface area (Å²) in [6.45, 7) is 9.21. The van der Waals surface area contributed by atoms with Gasteiger partial charge in [-0.2, -0.15) is 0 Å². The quantitative estimate of drug-likeness (QED) is 0.669. The molecule has 0 amide bonds. The second kappa shape index (κ2) is 9.72. The third kappa shape index (κ3) is 6.87. The standard InChI is InChI=1S/C16H28N2O2/c1-5-6-15-9-14(11-17-4)10-16(18-15)20-8-7-19-12-13(2)3/h9-10,13,17H,5-8,11-12H2,1-4H3. The average Bonchev–Trinajstić information content (AvgIpc) is 2.38. The number of pyridine rings is 1. The highest BCUT2D eigenvalue weighted by Gasteiger charge is 2.04. The molecule has 0 unspecified atom stereocenters. The molecule has 1 aromatic heterocycles. The van der Waals surface area contributed by atoms with E-state index in [9.17, 15) is 0 Å². The van der Waals surface area contributed by atoms with E-state index in [2.05, 4.69) is 37.1 Å². The van der Waals surface area contributed by atoms with Crippen LogP contribution >= 0.6 is 0 Å². The first kappa shape index (κ1) is 16.9. The fourth-order valence-corrected chi connectivity index (χ4v) is 1.91. The van der Waals surface area contributed by atoms with Crippen molar-refractivity contribution in [2.45, 2.75) is 40.2 Å². The molecular formula is C16H28N2O2. The number of hydrogen-bond donors (Lipinski definition) is 1. The van der Waals surface area contributed by atoms with Crippen LogP contribution in [0.1, 0.15) is 38.4 Å². The van der Waals surface area contributed by atoms with E-state index in [1.54, 1.807) is 0 Å². The van der Waals surface area contributed by atoms with Crippen LogP contribution in [0.3, 0.4) is 0 Å². The van der Waals surface area contributed by atoms with Crippen LogP contribution in [0.25, 0.3) is 0 Å². The molecule has 1 N–H and O–H groups in total. The van der Waals surface area contributed by atoms with Crippen molar-refractivity contribution in [3.63, 3.8) is 0 Å². The summed E-state index contributed by atoms with van der Waals surface area (Å²) in [5.41, 5.74) is 2.31. The minimum absolute atomic E-state index is 0.550. The van der Waals surface area contributed by atoms with Gasteiger partial charge in [0.1, 0.15) is 6.61 Å². The molecule has 0 saturated heterocycles. The zero-order valence-electron chi connectivity index (χ0n) is 13.2. The lowest BCUT2D eigenvalue weighted by Gasteiger charge is -2.11. The second-order valence-corrected chi connectivity index (χ2v) is 5.40. The van der Waals surface area contributed by atoms with E-state index in [1.165, 1.54) is 5.56 Å². The van der Waals surface area contributed by atoms with Crippen LogP contribution in [-0.4, -0.2) is 31.9 Å². The maximum absolute atomic E-state index is 5.70. The van der Waals surface area contributed by atoms with E-state index in [1.807, 2.05) is 13.1 Å². The van der Waals surface area contributed by atoms with Crippen molar-refractivity contribution < 1.29 is 9.47 Å². The molecule has 0 aliphatic rings. The molecule has 4 nitrogen and oxygen atoms in total. The van der Waals surface area contributed by atoms with Crippen LogP contribution in [0.5, 0.6) is 5.88 Å². The van der Waals surface area contributed by atoms with E-state index in [4.69, 9.17) is 9.47 Å². The summed E-state index contributed by atoms with van der Waals surface area (Å²) in [4.78, 5) is 4.53. The summed E-state index contributed by atoms with van der Waals surface area (Å²) < 4.78 is 11.2. The summed E-state index contributed by atoms with van der Waals surface area (Å²) in [6.07, 6.45) is 2.07. The Balaban J connectivity index is 2.50. The van der Waals surface area contributed by atoms with Gasteiger partial charge in [-0.05, 0) is 31.0 Å². The van der Waals surface area contributed by atoms with Gasteiger partial charge in [0.2, 0.25) is 5.88 Å². The lowest BCUT2D eigenvalue weighted by molar-refractivity contribution is 0.0805. The summed E-state index contributed by atoms with van der Waals surface area (Å²) in [5.74, 6) is 1.26. The lowest BCUT2D eigenvalue weighted by atomic mass is 10.1. The van der Waals surface area contributed by atoms with Gasteiger partial charge in [-0.15, -0.1) is 0 Å². The van der Waals surface area contributed by atoms with Gasteiger partial charge in [-0.25, -0.2) is 4.98 Å². The van der Waals surface area contributed by atoms with Crippen molar-refractivity contribution in [2.75, 3.05) is 26.9 Å². The van der Waals surface area contributed by atoms with Crippen molar-refractivity contribution in [1.29, 1.82) is 0 Å². The van der Waals surface area contributed by atoms with Gasteiger partial charge < -0.3 is 14.8 Å². The molecule has 1 heterocycles. The molecule has 114 valence electrons. The summed E-state index contributed by atoms with van der Waals surface area (Å²) in [7, 11) is 1.94. The van der Waals surface area contributed by atoms with E-state index in [-0.39, 0.29) is 0 Å². The highest BCUT2D eigenvalue weighted by atomic mass is 16.5. The molecule has 1 rings (SSSR count). The van der Waals surface area contributed by atoms with E-state index >= 15 is 0 Å². The van der Waals surface area contributed by atoms with Gasteiger partial charge in [-0.1, -0.05) is 27.2 Å². The largest absolute Gasteiger partial charge is 0.475 e. The fourth-order valence-electron chi connectivity index (χ4n) is 1.91. The highest BCUT2D eigenvalue weighted by molar-refractivity contribution is 5.25. The molecule has 1 aromatic rings. The smallest absolute Gasteiger partial charge is 0.213 e. The number of aryl methyl sites for hydroxylation is 1. The molecular weight excluding hydrogens is 252 g/mol. The number of nitrogens with zero attached hydrogens (tertiary/aromatic N) is 1. The number of nitrogens with one attached hydrogen (secondary N) is 1. The van der Waals surface area contributed by atoms with Gasteiger partial charge >= 0.3 is 0 Å². The monoisotopic (exact) mass is 280 g/mol. The zero-order valence-corrected chi connectivity index (χ0v) is 13.2. The zero-order chi connectivity index (χ0) is 14.8. The first-order valence-corrected chi connectivity index (χ1v) is 7.50. The van der Waals surface area contributed by atoms with Gasteiger partial charge in [0.25, 0.3) is 0 Å².